The van der Waals surface area contributed by atoms with Crippen LogP contribution >= 0.6 is 12.4 Å². The monoisotopic (exact) mass is 474 g/mol. The summed E-state index contributed by atoms with van der Waals surface area (Å²) in [4.78, 5) is 4.07. The molecule has 32 heavy (non-hydrogen) atoms. The first-order valence-corrected chi connectivity index (χ1v) is 11.2. The summed E-state index contributed by atoms with van der Waals surface area (Å²) < 4.78 is 41.7. The van der Waals surface area contributed by atoms with E-state index < -0.39 is 10.0 Å². The van der Waals surface area contributed by atoms with Crippen LogP contribution in [0.2, 0.25) is 0 Å². The molecule has 0 bridgehead atoms. The van der Waals surface area contributed by atoms with Crippen molar-refractivity contribution in [1.29, 1.82) is 0 Å². The van der Waals surface area contributed by atoms with Gasteiger partial charge in [-0.25, -0.2) is 16.8 Å². The third-order valence-corrected chi connectivity index (χ3v) is 7.07. The zero-order valence-electron chi connectivity index (χ0n) is 17.9. The molecule has 0 saturated heterocycles. The summed E-state index contributed by atoms with van der Waals surface area (Å²) >= 11 is 0. The average molecular weight is 475 g/mol. The Labute approximate surface area is 193 Å². The van der Waals surface area contributed by atoms with Crippen LogP contribution in [0.4, 0.5) is 15.8 Å². The maximum Gasteiger partial charge on any atom is 0.269 e. The summed E-state index contributed by atoms with van der Waals surface area (Å²) in [6, 6.07) is 11.8. The number of benzene rings is 2. The second-order valence-electron chi connectivity index (χ2n) is 7.38. The fourth-order valence-electron chi connectivity index (χ4n) is 3.57. The van der Waals surface area contributed by atoms with Crippen molar-refractivity contribution in [1.82, 2.24) is 14.3 Å². The van der Waals surface area contributed by atoms with Crippen LogP contribution in [0, 0.1) is 19.7 Å². The first-order valence-electron chi connectivity index (χ1n) is 9.80. The first-order chi connectivity index (χ1) is 14.8. The Morgan fingerprint density at radius 2 is 1.88 bits per heavy atom. The molecule has 0 amide bonds. The predicted octanol–water partition coefficient (Wildman–Crippen LogP) is 4.91. The lowest BCUT2D eigenvalue weighted by Crippen LogP contribution is -2.12. The van der Waals surface area contributed by atoms with E-state index in [0.717, 1.165) is 22.2 Å². The second-order valence-corrected chi connectivity index (χ2v) is 9.19. The van der Waals surface area contributed by atoms with Crippen molar-refractivity contribution in [2.24, 2.45) is 0 Å². The Bertz CT molecular complexity index is 1370. The zero-order valence-corrected chi connectivity index (χ0v) is 19.5. The standard InChI is InChI=1S/C23H23FN4O2S.ClH/c1-15-16(2)22(9-8-21(15)24)27-18-6-7-20-17(12-25-3)14-28(23(20)11-18)31(29,30)19-5-4-10-26-13-19;/h4-11,13-14,25,27H,12H2,1-3H3;1H. The number of nitrogens with one attached hydrogen (secondary N) is 2. The summed E-state index contributed by atoms with van der Waals surface area (Å²) in [5.41, 5.74) is 4.26. The van der Waals surface area contributed by atoms with E-state index in [2.05, 4.69) is 15.6 Å². The zero-order chi connectivity index (χ0) is 22.2. The lowest BCUT2D eigenvalue weighted by molar-refractivity contribution is 0.588. The Balaban J connectivity index is 0.00000289. The third-order valence-electron chi connectivity index (χ3n) is 5.41. The topological polar surface area (TPSA) is 76.0 Å². The molecule has 2 heterocycles. The van der Waals surface area contributed by atoms with Gasteiger partial charge in [0, 0.05) is 41.9 Å². The van der Waals surface area contributed by atoms with Gasteiger partial charge in [-0.1, -0.05) is 6.07 Å². The molecule has 0 aliphatic heterocycles. The van der Waals surface area contributed by atoms with Gasteiger partial charge in [-0.3, -0.25) is 4.98 Å². The van der Waals surface area contributed by atoms with Crippen molar-refractivity contribution >= 4 is 44.7 Å². The highest BCUT2D eigenvalue weighted by Gasteiger charge is 2.21. The number of pyridine rings is 1. The molecule has 0 aliphatic carbocycles. The van der Waals surface area contributed by atoms with Crippen molar-refractivity contribution in [3.63, 3.8) is 0 Å². The number of hydrogen-bond acceptors (Lipinski definition) is 5. The van der Waals surface area contributed by atoms with Crippen molar-refractivity contribution < 1.29 is 12.8 Å². The Kier molecular flexibility index (Phi) is 6.88. The molecule has 0 unspecified atom stereocenters. The van der Waals surface area contributed by atoms with E-state index in [9.17, 15) is 12.8 Å². The van der Waals surface area contributed by atoms with Gasteiger partial charge in [0.1, 0.15) is 10.7 Å². The Morgan fingerprint density at radius 3 is 2.56 bits per heavy atom. The summed E-state index contributed by atoms with van der Waals surface area (Å²) in [5, 5.41) is 7.20. The quantitative estimate of drug-likeness (QED) is 0.415. The van der Waals surface area contributed by atoms with Gasteiger partial charge in [0.15, 0.2) is 0 Å². The molecule has 0 fully saturated rings. The van der Waals surface area contributed by atoms with E-state index >= 15 is 0 Å². The summed E-state index contributed by atoms with van der Waals surface area (Å²) in [6.07, 6.45) is 4.51. The number of rotatable bonds is 6. The Morgan fingerprint density at radius 1 is 1.09 bits per heavy atom. The van der Waals surface area contributed by atoms with Crippen LogP contribution in [0.3, 0.4) is 0 Å². The predicted molar refractivity (Wildman–Crippen MR) is 128 cm³/mol. The van der Waals surface area contributed by atoms with E-state index in [1.54, 1.807) is 31.3 Å². The van der Waals surface area contributed by atoms with Gasteiger partial charge < -0.3 is 10.6 Å². The van der Waals surface area contributed by atoms with Gasteiger partial charge in [0.2, 0.25) is 0 Å². The van der Waals surface area contributed by atoms with Crippen molar-refractivity contribution in [2.75, 3.05) is 12.4 Å². The summed E-state index contributed by atoms with van der Waals surface area (Å²) in [6.45, 7) is 4.10. The lowest BCUT2D eigenvalue weighted by Gasteiger charge is -2.13. The third kappa shape index (κ3) is 4.21. The number of hydrogen-bond donors (Lipinski definition) is 2. The van der Waals surface area contributed by atoms with Gasteiger partial charge in [-0.15, -0.1) is 12.4 Å². The van der Waals surface area contributed by atoms with Gasteiger partial charge in [-0.05, 0) is 74.0 Å². The van der Waals surface area contributed by atoms with Gasteiger partial charge in [0.25, 0.3) is 10.0 Å². The number of halogens is 2. The van der Waals surface area contributed by atoms with Crippen molar-refractivity contribution in [2.45, 2.75) is 25.3 Å². The van der Waals surface area contributed by atoms with E-state index in [0.29, 0.717) is 23.3 Å². The van der Waals surface area contributed by atoms with Gasteiger partial charge in [-0.2, -0.15) is 0 Å². The minimum absolute atomic E-state index is 0. The molecule has 9 heteroatoms. The van der Waals surface area contributed by atoms with Crippen LogP contribution in [-0.4, -0.2) is 24.4 Å². The molecular weight excluding hydrogens is 451 g/mol. The number of aromatic nitrogens is 2. The molecule has 0 spiro atoms. The lowest BCUT2D eigenvalue weighted by atomic mass is 10.1. The highest BCUT2D eigenvalue weighted by molar-refractivity contribution is 7.90. The van der Waals surface area contributed by atoms with E-state index in [-0.39, 0.29) is 23.1 Å². The molecule has 0 saturated carbocycles. The normalized spacial score (nSPS) is 11.4. The highest BCUT2D eigenvalue weighted by Crippen LogP contribution is 2.31. The second kappa shape index (κ2) is 9.28. The average Bonchev–Trinajstić information content (AvgIpc) is 3.13. The molecule has 0 radical (unpaired) electrons. The summed E-state index contributed by atoms with van der Waals surface area (Å²) in [7, 11) is -2.01. The highest BCUT2D eigenvalue weighted by atomic mass is 35.5. The largest absolute Gasteiger partial charge is 0.355 e. The minimum atomic E-state index is -3.82. The van der Waals surface area contributed by atoms with Crippen LogP contribution < -0.4 is 10.6 Å². The fourth-order valence-corrected chi connectivity index (χ4v) is 4.91. The Hall–Kier alpha value is -2.94. The maximum atomic E-state index is 13.8. The van der Waals surface area contributed by atoms with Crippen LogP contribution in [0.15, 0.2) is 66.0 Å². The van der Waals surface area contributed by atoms with Crippen LogP contribution in [-0.2, 0) is 16.6 Å². The molecule has 2 aromatic carbocycles. The first kappa shape index (κ1) is 23.7. The minimum Gasteiger partial charge on any atom is -0.355 e. The van der Waals surface area contributed by atoms with Crippen LogP contribution in [0.5, 0.6) is 0 Å². The maximum absolute atomic E-state index is 13.8. The molecule has 0 atom stereocenters. The number of fused-ring (bicyclic) bond motifs is 1. The molecule has 4 aromatic rings. The SMILES string of the molecule is CNCc1cn(S(=O)(=O)c2cccnc2)c2cc(Nc3ccc(F)c(C)c3C)ccc12.Cl. The molecule has 2 aromatic heterocycles. The molecule has 4 rings (SSSR count). The van der Waals surface area contributed by atoms with E-state index in [1.165, 1.54) is 28.5 Å². The molecule has 6 nitrogen and oxygen atoms in total. The van der Waals surface area contributed by atoms with Crippen LogP contribution in [0.25, 0.3) is 10.9 Å². The van der Waals surface area contributed by atoms with Gasteiger partial charge >= 0.3 is 0 Å². The van der Waals surface area contributed by atoms with E-state index in [1.807, 2.05) is 26.1 Å². The van der Waals surface area contributed by atoms with Crippen LogP contribution in [0.1, 0.15) is 16.7 Å². The summed E-state index contributed by atoms with van der Waals surface area (Å²) in [5.74, 6) is -0.258. The molecule has 168 valence electrons. The van der Waals surface area contributed by atoms with Crippen molar-refractivity contribution in [3.05, 3.63) is 83.6 Å². The van der Waals surface area contributed by atoms with Crippen molar-refractivity contribution in [3.8, 4) is 0 Å². The fraction of sp³-hybridized carbons (Fsp3) is 0.174. The van der Waals surface area contributed by atoms with Gasteiger partial charge in [0.05, 0.1) is 5.52 Å². The smallest absolute Gasteiger partial charge is 0.269 e. The number of nitrogens with zero attached hydrogens (tertiary/aromatic N) is 2. The molecular formula is C23H24ClFN4O2S. The molecule has 2 N–H and O–H groups in total. The van der Waals surface area contributed by atoms with E-state index in [4.69, 9.17) is 0 Å². The molecule has 0 aliphatic rings. The number of anilines is 2.